The van der Waals surface area contributed by atoms with Gasteiger partial charge in [0, 0.05) is 31.2 Å². The lowest BCUT2D eigenvalue weighted by molar-refractivity contribution is -0.116. The van der Waals surface area contributed by atoms with E-state index >= 15 is 0 Å². The van der Waals surface area contributed by atoms with Crippen molar-refractivity contribution >= 4 is 22.4 Å². The minimum Gasteiger partial charge on any atom is -0.494 e. The number of nitrogens with zero attached hydrogens (tertiary/aromatic N) is 1. The van der Waals surface area contributed by atoms with Crippen molar-refractivity contribution in [3.05, 3.63) is 72.3 Å². The summed E-state index contributed by atoms with van der Waals surface area (Å²) in [4.78, 5) is 15.0. The predicted molar refractivity (Wildman–Crippen MR) is 127 cm³/mol. The molecule has 1 saturated carbocycles. The molecule has 1 aliphatic rings. The number of nitrogens with one attached hydrogen (secondary N) is 1. The van der Waals surface area contributed by atoms with E-state index in [2.05, 4.69) is 59.6 Å². The molecule has 0 saturated heterocycles. The van der Waals surface area contributed by atoms with Gasteiger partial charge in [0.15, 0.2) is 0 Å². The molecule has 3 aromatic rings. The second-order valence-corrected chi connectivity index (χ2v) is 8.36. The van der Waals surface area contributed by atoms with Gasteiger partial charge in [0.25, 0.3) is 0 Å². The van der Waals surface area contributed by atoms with Crippen molar-refractivity contribution in [1.82, 2.24) is 4.90 Å². The molecule has 0 atom stereocenters. The first-order valence-corrected chi connectivity index (χ1v) is 11.5. The van der Waals surface area contributed by atoms with Crippen molar-refractivity contribution in [2.45, 2.75) is 51.6 Å². The summed E-state index contributed by atoms with van der Waals surface area (Å²) in [5.41, 5.74) is 2.16. The van der Waals surface area contributed by atoms with Crippen LogP contribution in [0.5, 0.6) is 5.75 Å². The number of fused-ring (bicyclic) bond motifs is 1. The highest BCUT2D eigenvalue weighted by Crippen LogP contribution is 2.30. The Labute approximate surface area is 185 Å². The first-order valence-electron chi connectivity index (χ1n) is 11.5. The van der Waals surface area contributed by atoms with E-state index in [0.29, 0.717) is 12.5 Å². The summed E-state index contributed by atoms with van der Waals surface area (Å²) < 4.78 is 5.69. The van der Waals surface area contributed by atoms with Gasteiger partial charge in [0.2, 0.25) is 5.91 Å². The monoisotopic (exact) mass is 416 g/mol. The summed E-state index contributed by atoms with van der Waals surface area (Å²) in [7, 11) is 0. The van der Waals surface area contributed by atoms with Gasteiger partial charge in [-0.1, -0.05) is 55.8 Å². The molecule has 4 nitrogen and oxygen atoms in total. The van der Waals surface area contributed by atoms with Crippen molar-refractivity contribution < 1.29 is 9.53 Å². The number of ether oxygens (including phenoxy) is 1. The molecule has 0 aromatic heterocycles. The molecule has 1 N–H and O–H groups in total. The van der Waals surface area contributed by atoms with Gasteiger partial charge in [-0.3, -0.25) is 9.69 Å². The normalized spacial score (nSPS) is 13.5. The van der Waals surface area contributed by atoms with E-state index in [0.717, 1.165) is 44.0 Å². The maximum atomic E-state index is 12.6. The molecule has 0 bridgehead atoms. The van der Waals surface area contributed by atoms with Gasteiger partial charge >= 0.3 is 0 Å². The number of anilines is 1. The smallest absolute Gasteiger partial charge is 0.225 e. The SMILES string of the molecule is CCCCOc1ccc(NC(=O)CCN(Cc2cccc3ccccc23)C2CC2)cc1. The van der Waals surface area contributed by atoms with Gasteiger partial charge in [-0.25, -0.2) is 0 Å². The zero-order valence-corrected chi connectivity index (χ0v) is 18.3. The summed E-state index contributed by atoms with van der Waals surface area (Å²) in [6.45, 7) is 4.55. The summed E-state index contributed by atoms with van der Waals surface area (Å²) in [6.07, 6.45) is 5.12. The minimum absolute atomic E-state index is 0.0585. The number of hydrogen-bond acceptors (Lipinski definition) is 3. The fraction of sp³-hybridized carbons (Fsp3) is 0.370. The molecule has 1 amide bonds. The van der Waals surface area contributed by atoms with E-state index in [1.807, 2.05) is 24.3 Å². The molecule has 3 aromatic carbocycles. The van der Waals surface area contributed by atoms with Crippen LogP contribution in [0, 0.1) is 0 Å². The van der Waals surface area contributed by atoms with Crippen molar-refractivity contribution in [3.63, 3.8) is 0 Å². The molecular weight excluding hydrogens is 384 g/mol. The van der Waals surface area contributed by atoms with Crippen LogP contribution in [0.1, 0.15) is 44.6 Å². The fourth-order valence-electron chi connectivity index (χ4n) is 3.92. The Balaban J connectivity index is 1.31. The number of benzene rings is 3. The summed E-state index contributed by atoms with van der Waals surface area (Å²) in [5.74, 6) is 0.907. The van der Waals surface area contributed by atoms with Crippen LogP contribution < -0.4 is 10.1 Å². The van der Waals surface area contributed by atoms with Crippen LogP contribution >= 0.6 is 0 Å². The molecule has 162 valence electrons. The van der Waals surface area contributed by atoms with E-state index in [9.17, 15) is 4.79 Å². The number of rotatable bonds is 11. The van der Waals surface area contributed by atoms with Crippen LogP contribution in [0.3, 0.4) is 0 Å². The van der Waals surface area contributed by atoms with Crippen molar-refractivity contribution in [3.8, 4) is 5.75 Å². The average molecular weight is 417 g/mol. The Morgan fingerprint density at radius 3 is 2.58 bits per heavy atom. The van der Waals surface area contributed by atoms with Crippen LogP contribution in [0.25, 0.3) is 10.8 Å². The average Bonchev–Trinajstić information content (AvgIpc) is 3.63. The highest BCUT2D eigenvalue weighted by atomic mass is 16.5. The number of amides is 1. The van der Waals surface area contributed by atoms with Crippen LogP contribution in [0.4, 0.5) is 5.69 Å². The maximum absolute atomic E-state index is 12.6. The van der Waals surface area contributed by atoms with Crippen LogP contribution in [0.15, 0.2) is 66.7 Å². The minimum atomic E-state index is 0.0585. The molecular formula is C27H32N2O2. The molecule has 0 radical (unpaired) electrons. The third-order valence-corrected chi connectivity index (χ3v) is 5.85. The van der Waals surface area contributed by atoms with Gasteiger partial charge < -0.3 is 10.1 Å². The fourth-order valence-corrected chi connectivity index (χ4v) is 3.92. The molecule has 0 spiro atoms. The predicted octanol–water partition coefficient (Wildman–Crippen LogP) is 6.01. The Bertz CT molecular complexity index is 990. The van der Waals surface area contributed by atoms with Gasteiger partial charge in [0.05, 0.1) is 6.61 Å². The lowest BCUT2D eigenvalue weighted by Gasteiger charge is -2.22. The number of unbranched alkanes of at least 4 members (excludes halogenated alkanes) is 1. The summed E-state index contributed by atoms with van der Waals surface area (Å²) in [5, 5.41) is 5.60. The first kappa shape index (κ1) is 21.4. The van der Waals surface area contributed by atoms with E-state index < -0.39 is 0 Å². The summed E-state index contributed by atoms with van der Waals surface area (Å²) in [6, 6.07) is 23.3. The number of carbonyl (C=O) groups is 1. The zero-order valence-electron chi connectivity index (χ0n) is 18.3. The van der Waals surface area contributed by atoms with Gasteiger partial charge in [-0.2, -0.15) is 0 Å². The Morgan fingerprint density at radius 1 is 1.03 bits per heavy atom. The topological polar surface area (TPSA) is 41.6 Å². The lowest BCUT2D eigenvalue weighted by Crippen LogP contribution is -2.29. The van der Waals surface area contributed by atoms with Crippen molar-refractivity contribution in [1.29, 1.82) is 0 Å². The first-order chi connectivity index (χ1) is 15.2. The maximum Gasteiger partial charge on any atom is 0.225 e. The second kappa shape index (κ2) is 10.5. The lowest BCUT2D eigenvalue weighted by atomic mass is 10.0. The largest absolute Gasteiger partial charge is 0.494 e. The molecule has 1 aliphatic carbocycles. The Kier molecular flexibility index (Phi) is 7.21. The molecule has 4 rings (SSSR count). The molecule has 0 heterocycles. The summed E-state index contributed by atoms with van der Waals surface area (Å²) >= 11 is 0. The standard InChI is InChI=1S/C27H32N2O2/c1-2-3-19-31-25-15-11-23(12-16-25)28-27(30)17-18-29(24-13-14-24)20-22-9-6-8-21-7-4-5-10-26(21)22/h4-12,15-16,24H,2-3,13-14,17-20H2,1H3,(H,28,30). The van der Waals surface area contributed by atoms with E-state index in [-0.39, 0.29) is 5.91 Å². The van der Waals surface area contributed by atoms with Crippen LogP contribution in [0.2, 0.25) is 0 Å². The molecule has 31 heavy (non-hydrogen) atoms. The van der Waals surface area contributed by atoms with E-state index in [1.165, 1.54) is 29.2 Å². The van der Waals surface area contributed by atoms with Gasteiger partial charge in [-0.15, -0.1) is 0 Å². The highest BCUT2D eigenvalue weighted by Gasteiger charge is 2.29. The van der Waals surface area contributed by atoms with E-state index in [4.69, 9.17) is 4.74 Å². The van der Waals surface area contributed by atoms with Crippen LogP contribution in [-0.2, 0) is 11.3 Å². The molecule has 0 unspecified atom stereocenters. The van der Waals surface area contributed by atoms with Gasteiger partial charge in [-0.05, 0) is 59.9 Å². The molecule has 1 fully saturated rings. The number of hydrogen-bond donors (Lipinski definition) is 1. The second-order valence-electron chi connectivity index (χ2n) is 8.36. The van der Waals surface area contributed by atoms with E-state index in [1.54, 1.807) is 0 Å². The Morgan fingerprint density at radius 2 is 1.81 bits per heavy atom. The van der Waals surface area contributed by atoms with Crippen molar-refractivity contribution in [2.75, 3.05) is 18.5 Å². The Hall–Kier alpha value is -2.85. The molecule has 4 heteroatoms. The highest BCUT2D eigenvalue weighted by molar-refractivity contribution is 5.91. The number of carbonyl (C=O) groups excluding carboxylic acids is 1. The third kappa shape index (κ3) is 6.08. The third-order valence-electron chi connectivity index (χ3n) is 5.85. The van der Waals surface area contributed by atoms with Gasteiger partial charge in [0.1, 0.15) is 5.75 Å². The van der Waals surface area contributed by atoms with Crippen molar-refractivity contribution in [2.24, 2.45) is 0 Å². The van der Waals surface area contributed by atoms with Crippen LogP contribution in [-0.4, -0.2) is 30.0 Å². The zero-order chi connectivity index (χ0) is 21.5. The molecule has 0 aliphatic heterocycles. The quantitative estimate of drug-likeness (QED) is 0.389.